The van der Waals surface area contributed by atoms with Gasteiger partial charge in [-0.1, -0.05) is 148 Å². The first-order chi connectivity index (χ1) is 23.6. The van der Waals surface area contributed by atoms with E-state index in [1.165, 1.54) is 0 Å². The van der Waals surface area contributed by atoms with Gasteiger partial charge in [-0.05, 0) is 101 Å². The highest BCUT2D eigenvalue weighted by Crippen LogP contribution is 2.42. The summed E-state index contributed by atoms with van der Waals surface area (Å²) in [5.41, 5.74) is 11.6. The molecule has 0 aliphatic rings. The molecular weight excluding hydrogens is 581 g/mol. The topological polar surface area (TPSA) is 47.6 Å². The zero-order valence-electron chi connectivity index (χ0n) is 27.2. The Kier molecular flexibility index (Phi) is 9.11. The van der Waals surface area contributed by atoms with Gasteiger partial charge in [-0.2, -0.15) is 10.5 Å². The minimum absolute atomic E-state index is 0.658. The number of hydrogen-bond donors (Lipinski definition) is 0. The number of hydrogen-bond acceptors (Lipinski definition) is 2. The van der Waals surface area contributed by atoms with Crippen LogP contribution in [0.4, 0.5) is 0 Å². The molecule has 0 aliphatic carbocycles. The second-order valence-corrected chi connectivity index (χ2v) is 11.2. The Balaban J connectivity index is 0.00000197. The Morgan fingerprint density at radius 3 is 1.29 bits per heavy atom. The van der Waals surface area contributed by atoms with E-state index < -0.39 is 0 Å². The first-order valence-electron chi connectivity index (χ1n) is 16.1. The molecule has 48 heavy (non-hydrogen) atoms. The maximum absolute atomic E-state index is 9.62. The van der Waals surface area contributed by atoms with E-state index in [1.807, 2.05) is 74.5 Å². The monoisotopic (exact) mass is 614 g/mol. The van der Waals surface area contributed by atoms with E-state index >= 15 is 0 Å². The van der Waals surface area contributed by atoms with Crippen LogP contribution in [0.1, 0.15) is 36.1 Å². The second kappa shape index (κ2) is 13.9. The van der Waals surface area contributed by atoms with Crippen molar-refractivity contribution in [3.63, 3.8) is 0 Å². The molecule has 2 heteroatoms. The molecule has 0 spiro atoms. The average molecular weight is 615 g/mol. The fourth-order valence-corrected chi connectivity index (χ4v) is 6.53. The van der Waals surface area contributed by atoms with Crippen LogP contribution in [-0.2, 0) is 0 Å². The number of nitriles is 2. The third-order valence-electron chi connectivity index (χ3n) is 8.76. The molecule has 0 saturated carbocycles. The van der Waals surface area contributed by atoms with Crippen LogP contribution in [0.5, 0.6) is 0 Å². The molecule has 0 N–H and O–H groups in total. The van der Waals surface area contributed by atoms with Gasteiger partial charge in [0.2, 0.25) is 0 Å². The van der Waals surface area contributed by atoms with Crippen molar-refractivity contribution in [2.45, 2.75) is 13.8 Å². The Hall–Kier alpha value is -6.48. The predicted molar refractivity (Wildman–Crippen MR) is 204 cm³/mol. The lowest BCUT2D eigenvalue weighted by atomic mass is 9.85. The van der Waals surface area contributed by atoms with E-state index in [2.05, 4.69) is 110 Å². The maximum atomic E-state index is 9.62. The van der Waals surface area contributed by atoms with Crippen LogP contribution in [-0.4, -0.2) is 0 Å². The molecule has 0 unspecified atom stereocenters. The molecule has 0 amide bonds. The summed E-state index contributed by atoms with van der Waals surface area (Å²) in [6.45, 7) is 12.4. The van der Waals surface area contributed by atoms with Gasteiger partial charge in [0.15, 0.2) is 0 Å². The van der Waals surface area contributed by atoms with Crippen LogP contribution in [0.2, 0.25) is 0 Å². The van der Waals surface area contributed by atoms with Crippen LogP contribution in [0.25, 0.3) is 78.2 Å². The van der Waals surface area contributed by atoms with Gasteiger partial charge in [0.05, 0.1) is 23.3 Å². The van der Waals surface area contributed by atoms with Gasteiger partial charge in [0, 0.05) is 0 Å². The third kappa shape index (κ3) is 5.58. The zero-order valence-corrected chi connectivity index (χ0v) is 27.2. The molecule has 0 radical (unpaired) electrons. The van der Waals surface area contributed by atoms with Crippen LogP contribution < -0.4 is 0 Å². The summed E-state index contributed by atoms with van der Waals surface area (Å²) < 4.78 is 0. The van der Waals surface area contributed by atoms with Gasteiger partial charge in [-0.15, -0.1) is 0 Å². The highest BCUT2D eigenvalue weighted by atomic mass is 14.3. The predicted octanol–water partition coefficient (Wildman–Crippen LogP) is 12.7. The molecule has 0 fully saturated rings. The molecule has 0 saturated heterocycles. The molecule has 0 aliphatic heterocycles. The van der Waals surface area contributed by atoms with E-state index in [0.29, 0.717) is 11.1 Å². The molecule has 0 heterocycles. The summed E-state index contributed by atoms with van der Waals surface area (Å²) in [5.74, 6) is 0. The average Bonchev–Trinajstić information content (AvgIpc) is 3.17. The molecule has 7 aromatic carbocycles. The minimum atomic E-state index is 0.658. The van der Waals surface area contributed by atoms with Gasteiger partial charge in [0.25, 0.3) is 0 Å². The van der Waals surface area contributed by atoms with Crippen molar-refractivity contribution in [3.05, 3.63) is 169 Å². The van der Waals surface area contributed by atoms with Crippen LogP contribution in [0, 0.1) is 22.7 Å². The normalized spacial score (nSPS) is 10.4. The fraction of sp³-hybridized carbons (Fsp3) is 0.0435. The smallest absolute Gasteiger partial charge is 0.0998 e. The van der Waals surface area contributed by atoms with E-state index in [-0.39, 0.29) is 0 Å². The lowest BCUT2D eigenvalue weighted by molar-refractivity contribution is 1.48. The zero-order chi connectivity index (χ0) is 33.6. The third-order valence-corrected chi connectivity index (χ3v) is 8.76. The summed E-state index contributed by atoms with van der Waals surface area (Å²) in [7, 11) is 0. The van der Waals surface area contributed by atoms with Crippen molar-refractivity contribution in [3.8, 4) is 56.6 Å². The Labute approximate surface area is 282 Å². The van der Waals surface area contributed by atoms with E-state index in [1.54, 1.807) is 0 Å². The van der Waals surface area contributed by atoms with Crippen molar-refractivity contribution in [2.24, 2.45) is 0 Å². The summed E-state index contributed by atoms with van der Waals surface area (Å²) in [6.07, 6.45) is 3.85. The minimum Gasteiger partial charge on any atom is -0.192 e. The summed E-state index contributed by atoms with van der Waals surface area (Å²) in [4.78, 5) is 0. The quantitative estimate of drug-likeness (QED) is 0.175. The summed E-state index contributed by atoms with van der Waals surface area (Å²) >= 11 is 0. The number of benzene rings is 7. The lowest BCUT2D eigenvalue weighted by Gasteiger charge is -2.18. The van der Waals surface area contributed by atoms with E-state index in [4.69, 9.17) is 0 Å². The highest BCUT2D eigenvalue weighted by molar-refractivity contribution is 6.17. The van der Waals surface area contributed by atoms with Gasteiger partial charge in [0.1, 0.15) is 0 Å². The Morgan fingerprint density at radius 2 is 0.812 bits per heavy atom. The van der Waals surface area contributed by atoms with Crippen LogP contribution >= 0.6 is 0 Å². The lowest BCUT2D eigenvalue weighted by Crippen LogP contribution is -1.94. The van der Waals surface area contributed by atoms with Crippen LogP contribution in [0.15, 0.2) is 147 Å². The molecule has 0 aromatic heterocycles. The molecular formula is C46H34N2. The number of fused-ring (bicyclic) bond motifs is 3. The maximum Gasteiger partial charge on any atom is 0.0998 e. The molecule has 7 aromatic rings. The van der Waals surface area contributed by atoms with E-state index in [9.17, 15) is 10.5 Å². The van der Waals surface area contributed by atoms with Gasteiger partial charge in [-0.25, -0.2) is 0 Å². The van der Waals surface area contributed by atoms with E-state index in [0.717, 1.165) is 77.2 Å². The Morgan fingerprint density at radius 1 is 0.417 bits per heavy atom. The van der Waals surface area contributed by atoms with Crippen molar-refractivity contribution in [1.29, 1.82) is 10.5 Å². The van der Waals surface area contributed by atoms with Gasteiger partial charge < -0.3 is 0 Å². The number of rotatable bonds is 6. The molecule has 0 bridgehead atoms. The standard InChI is InChI=1S/C44H28N2.C2H6/c1-3-35-36(4-2)43-26-42(32-23-19-30(20-24-32)38-14-8-6-12-34(38)28-46)39-15-9-10-16-40(39)44(43)25-41(35)31-21-17-29(18-22-31)37-13-7-5-11-33(37)27-45;1-2/h3-26H,1-2H2;1-2H3. The summed E-state index contributed by atoms with van der Waals surface area (Å²) in [6, 6.07) is 49.9. The molecule has 2 nitrogen and oxygen atoms in total. The van der Waals surface area contributed by atoms with Gasteiger partial charge >= 0.3 is 0 Å². The van der Waals surface area contributed by atoms with Crippen LogP contribution in [0.3, 0.4) is 0 Å². The molecule has 228 valence electrons. The fourth-order valence-electron chi connectivity index (χ4n) is 6.53. The number of nitrogens with zero attached hydrogens (tertiary/aromatic N) is 2. The summed E-state index contributed by atoms with van der Waals surface area (Å²) in [5, 5.41) is 23.8. The second-order valence-electron chi connectivity index (χ2n) is 11.2. The van der Waals surface area contributed by atoms with Crippen molar-refractivity contribution in [2.75, 3.05) is 0 Å². The largest absolute Gasteiger partial charge is 0.192 e. The van der Waals surface area contributed by atoms with Crippen molar-refractivity contribution >= 4 is 33.7 Å². The SMILES string of the molecule is C=Cc1c(-c2ccc(-c3ccccc3C#N)cc2)cc2c(cc(-c3ccc(-c4ccccc4C#N)cc3)c3ccccc32)c1C=C.CC. The first kappa shape index (κ1) is 31.5. The molecule has 0 atom stereocenters. The first-order valence-corrected chi connectivity index (χ1v) is 16.1. The van der Waals surface area contributed by atoms with Crippen molar-refractivity contribution < 1.29 is 0 Å². The van der Waals surface area contributed by atoms with Crippen molar-refractivity contribution in [1.82, 2.24) is 0 Å². The molecule has 7 rings (SSSR count). The van der Waals surface area contributed by atoms with Gasteiger partial charge in [-0.3, -0.25) is 0 Å². The Bertz CT molecular complexity index is 2400. The highest BCUT2D eigenvalue weighted by Gasteiger charge is 2.17.